The Bertz CT molecular complexity index is 463. The van der Waals surface area contributed by atoms with E-state index in [0.29, 0.717) is 6.54 Å². The average Bonchev–Trinajstić information content (AvgIpc) is 2.35. The van der Waals surface area contributed by atoms with Crippen LogP contribution in [-0.4, -0.2) is 38.0 Å². The molecule has 4 nitrogen and oxygen atoms in total. The number of amides is 1. The Morgan fingerprint density at radius 2 is 2.21 bits per heavy atom. The smallest absolute Gasteiger partial charge is 0.221 e. The SMILES string of the molecule is Cc1cccc(C(C#N)CC(=O)NCCN(C)C)c1. The summed E-state index contributed by atoms with van der Waals surface area (Å²) in [5.74, 6) is -0.450. The zero-order chi connectivity index (χ0) is 14.3. The highest BCUT2D eigenvalue weighted by Crippen LogP contribution is 2.19. The van der Waals surface area contributed by atoms with Gasteiger partial charge in [0, 0.05) is 19.5 Å². The molecule has 0 fully saturated rings. The van der Waals surface area contributed by atoms with E-state index in [9.17, 15) is 10.1 Å². The van der Waals surface area contributed by atoms with Crippen molar-refractivity contribution in [3.05, 3.63) is 35.4 Å². The number of likely N-dealkylation sites (N-methyl/N-ethyl adjacent to an activating group) is 1. The average molecular weight is 259 g/mol. The summed E-state index contributed by atoms with van der Waals surface area (Å²) in [6.07, 6.45) is 0.216. The van der Waals surface area contributed by atoms with Crippen LogP contribution in [-0.2, 0) is 4.79 Å². The minimum Gasteiger partial charge on any atom is -0.355 e. The Labute approximate surface area is 115 Å². The van der Waals surface area contributed by atoms with Gasteiger partial charge in [-0.05, 0) is 26.6 Å². The first-order valence-corrected chi connectivity index (χ1v) is 6.40. The van der Waals surface area contributed by atoms with Gasteiger partial charge in [0.2, 0.25) is 5.91 Å². The van der Waals surface area contributed by atoms with Crippen molar-refractivity contribution in [3.63, 3.8) is 0 Å². The summed E-state index contributed by atoms with van der Waals surface area (Å²) < 4.78 is 0. The second-order valence-electron chi connectivity index (χ2n) is 4.95. The lowest BCUT2D eigenvalue weighted by molar-refractivity contribution is -0.121. The number of aryl methyl sites for hydroxylation is 1. The topological polar surface area (TPSA) is 56.1 Å². The van der Waals surface area contributed by atoms with Gasteiger partial charge < -0.3 is 10.2 Å². The molecule has 1 atom stereocenters. The third-order valence-corrected chi connectivity index (χ3v) is 2.87. The predicted molar refractivity (Wildman–Crippen MR) is 75.7 cm³/mol. The molecule has 0 aliphatic rings. The fourth-order valence-corrected chi connectivity index (χ4v) is 1.80. The van der Waals surface area contributed by atoms with Crippen LogP contribution in [0.4, 0.5) is 0 Å². The summed E-state index contributed by atoms with van der Waals surface area (Å²) in [5.41, 5.74) is 2.01. The van der Waals surface area contributed by atoms with Crippen molar-refractivity contribution in [1.82, 2.24) is 10.2 Å². The summed E-state index contributed by atoms with van der Waals surface area (Å²) >= 11 is 0. The van der Waals surface area contributed by atoms with Gasteiger partial charge in [0.15, 0.2) is 0 Å². The van der Waals surface area contributed by atoms with Gasteiger partial charge in [0.1, 0.15) is 0 Å². The minimum absolute atomic E-state index is 0.0742. The number of nitrogens with zero attached hydrogens (tertiary/aromatic N) is 2. The molecule has 0 aliphatic carbocycles. The molecule has 1 aromatic carbocycles. The fraction of sp³-hybridized carbons (Fsp3) is 0.467. The third kappa shape index (κ3) is 5.54. The van der Waals surface area contributed by atoms with Crippen LogP contribution in [0, 0.1) is 18.3 Å². The molecule has 0 aliphatic heterocycles. The predicted octanol–water partition coefficient (Wildman–Crippen LogP) is 1.67. The van der Waals surface area contributed by atoms with E-state index in [1.54, 1.807) is 0 Å². The van der Waals surface area contributed by atoms with Crippen molar-refractivity contribution < 1.29 is 4.79 Å². The molecule has 1 N–H and O–H groups in total. The van der Waals surface area contributed by atoms with Gasteiger partial charge in [-0.2, -0.15) is 5.26 Å². The maximum Gasteiger partial charge on any atom is 0.221 e. The lowest BCUT2D eigenvalue weighted by Crippen LogP contribution is -2.32. The first kappa shape index (κ1) is 15.2. The van der Waals surface area contributed by atoms with E-state index < -0.39 is 0 Å². The van der Waals surface area contributed by atoms with Crippen molar-refractivity contribution in [3.8, 4) is 6.07 Å². The van der Waals surface area contributed by atoms with Crippen LogP contribution in [0.5, 0.6) is 0 Å². The largest absolute Gasteiger partial charge is 0.355 e. The molecular formula is C15H21N3O. The van der Waals surface area contributed by atoms with E-state index in [1.807, 2.05) is 50.2 Å². The molecule has 0 spiro atoms. The zero-order valence-electron chi connectivity index (χ0n) is 11.8. The second-order valence-corrected chi connectivity index (χ2v) is 4.95. The standard InChI is InChI=1S/C15H21N3O/c1-12-5-4-6-13(9-12)14(11-16)10-15(19)17-7-8-18(2)3/h4-6,9,14H,7-8,10H2,1-3H3,(H,17,19). The number of nitriles is 1. The molecule has 1 amide bonds. The van der Waals surface area contributed by atoms with Crippen LogP contribution in [0.3, 0.4) is 0 Å². The van der Waals surface area contributed by atoms with Crippen LogP contribution in [0.1, 0.15) is 23.5 Å². The lowest BCUT2D eigenvalue weighted by Gasteiger charge is -2.12. The van der Waals surface area contributed by atoms with Crippen LogP contribution in [0.2, 0.25) is 0 Å². The lowest BCUT2D eigenvalue weighted by atomic mass is 9.95. The molecule has 1 rings (SSSR count). The summed E-state index contributed by atoms with van der Waals surface area (Å²) in [7, 11) is 3.91. The second kappa shape index (κ2) is 7.55. The first-order chi connectivity index (χ1) is 9.02. The third-order valence-electron chi connectivity index (χ3n) is 2.87. The Balaban J connectivity index is 2.53. The molecule has 0 bridgehead atoms. The Morgan fingerprint density at radius 1 is 1.47 bits per heavy atom. The molecule has 0 radical (unpaired) electrons. The Morgan fingerprint density at radius 3 is 2.79 bits per heavy atom. The molecule has 1 aromatic rings. The number of carbonyl (C=O) groups is 1. The number of hydrogen-bond donors (Lipinski definition) is 1. The van der Waals surface area contributed by atoms with Crippen molar-refractivity contribution >= 4 is 5.91 Å². The minimum atomic E-state index is -0.376. The number of benzene rings is 1. The molecular weight excluding hydrogens is 238 g/mol. The summed E-state index contributed by atoms with van der Waals surface area (Å²) in [6, 6.07) is 9.96. The highest BCUT2D eigenvalue weighted by molar-refractivity contribution is 5.77. The molecule has 0 saturated heterocycles. The monoisotopic (exact) mass is 259 g/mol. The molecule has 0 aromatic heterocycles. The van der Waals surface area contributed by atoms with E-state index in [2.05, 4.69) is 11.4 Å². The van der Waals surface area contributed by atoms with Gasteiger partial charge >= 0.3 is 0 Å². The normalized spacial score (nSPS) is 11.9. The number of nitrogens with one attached hydrogen (secondary N) is 1. The van der Waals surface area contributed by atoms with E-state index in [4.69, 9.17) is 0 Å². The van der Waals surface area contributed by atoms with Gasteiger partial charge in [-0.1, -0.05) is 29.8 Å². The van der Waals surface area contributed by atoms with Crippen LogP contribution in [0.15, 0.2) is 24.3 Å². The highest BCUT2D eigenvalue weighted by atomic mass is 16.1. The van der Waals surface area contributed by atoms with Gasteiger partial charge in [-0.15, -0.1) is 0 Å². The van der Waals surface area contributed by atoms with E-state index in [0.717, 1.165) is 17.7 Å². The van der Waals surface area contributed by atoms with Crippen LogP contribution in [0.25, 0.3) is 0 Å². The van der Waals surface area contributed by atoms with Crippen molar-refractivity contribution in [2.75, 3.05) is 27.2 Å². The molecule has 19 heavy (non-hydrogen) atoms. The summed E-state index contributed by atoms with van der Waals surface area (Å²) in [6.45, 7) is 3.39. The number of rotatable bonds is 6. The Kier molecular flexibility index (Phi) is 6.04. The number of hydrogen-bond acceptors (Lipinski definition) is 3. The van der Waals surface area contributed by atoms with Gasteiger partial charge in [-0.3, -0.25) is 4.79 Å². The molecule has 0 heterocycles. The van der Waals surface area contributed by atoms with Crippen molar-refractivity contribution in [2.24, 2.45) is 0 Å². The first-order valence-electron chi connectivity index (χ1n) is 6.40. The van der Waals surface area contributed by atoms with Gasteiger partial charge in [-0.25, -0.2) is 0 Å². The van der Waals surface area contributed by atoms with Gasteiger partial charge in [0.25, 0.3) is 0 Å². The maximum absolute atomic E-state index is 11.8. The van der Waals surface area contributed by atoms with Crippen LogP contribution >= 0.6 is 0 Å². The van der Waals surface area contributed by atoms with E-state index in [1.165, 1.54) is 0 Å². The van der Waals surface area contributed by atoms with Gasteiger partial charge in [0.05, 0.1) is 12.0 Å². The number of carbonyl (C=O) groups excluding carboxylic acids is 1. The van der Waals surface area contributed by atoms with Crippen LogP contribution < -0.4 is 5.32 Å². The van der Waals surface area contributed by atoms with Crippen molar-refractivity contribution in [2.45, 2.75) is 19.3 Å². The Hall–Kier alpha value is -1.86. The van der Waals surface area contributed by atoms with E-state index >= 15 is 0 Å². The van der Waals surface area contributed by atoms with E-state index in [-0.39, 0.29) is 18.2 Å². The summed E-state index contributed by atoms with van der Waals surface area (Å²) in [5, 5.41) is 12.0. The molecule has 4 heteroatoms. The highest BCUT2D eigenvalue weighted by Gasteiger charge is 2.15. The molecule has 0 saturated carbocycles. The maximum atomic E-state index is 11.8. The molecule has 102 valence electrons. The zero-order valence-corrected chi connectivity index (χ0v) is 11.8. The fourth-order valence-electron chi connectivity index (χ4n) is 1.80. The summed E-state index contributed by atoms with van der Waals surface area (Å²) in [4.78, 5) is 13.8. The molecule has 1 unspecified atom stereocenters. The quantitative estimate of drug-likeness (QED) is 0.845. The van der Waals surface area contributed by atoms with Crippen molar-refractivity contribution in [1.29, 1.82) is 5.26 Å².